The van der Waals surface area contributed by atoms with E-state index in [9.17, 15) is 26.3 Å². The van der Waals surface area contributed by atoms with Crippen LogP contribution in [0.4, 0.5) is 30.7 Å². The monoisotopic (exact) mass is 646 g/mol. The minimum atomic E-state index is -3.32. The molecule has 0 radical (unpaired) electrons. The van der Waals surface area contributed by atoms with E-state index in [4.69, 9.17) is 4.74 Å². The van der Waals surface area contributed by atoms with E-state index in [1.54, 1.807) is 18.2 Å². The molecular formula is C38H41F7O. The first-order valence-corrected chi connectivity index (χ1v) is 16.5. The lowest BCUT2D eigenvalue weighted by molar-refractivity contribution is -0.278. The number of hydrogen-bond donors (Lipinski definition) is 0. The van der Waals surface area contributed by atoms with Gasteiger partial charge in [-0.1, -0.05) is 56.2 Å². The minimum absolute atomic E-state index is 0.00420. The lowest BCUT2D eigenvalue weighted by Crippen LogP contribution is -2.32. The second-order valence-electron chi connectivity index (χ2n) is 13.0. The van der Waals surface area contributed by atoms with Gasteiger partial charge in [0.2, 0.25) is 0 Å². The lowest BCUT2D eigenvalue weighted by Gasteiger charge is -2.38. The van der Waals surface area contributed by atoms with Crippen molar-refractivity contribution in [3.8, 4) is 11.1 Å². The zero-order chi connectivity index (χ0) is 32.8. The van der Waals surface area contributed by atoms with Gasteiger partial charge in [-0.15, -0.1) is 0 Å². The molecule has 2 aliphatic carbocycles. The molecule has 2 aliphatic rings. The van der Waals surface area contributed by atoms with Gasteiger partial charge in [-0.05, 0) is 117 Å². The van der Waals surface area contributed by atoms with E-state index in [-0.39, 0.29) is 28.7 Å². The molecule has 248 valence electrons. The molecule has 5 rings (SSSR count). The fourth-order valence-electron chi connectivity index (χ4n) is 7.33. The second kappa shape index (κ2) is 15.2. The van der Waals surface area contributed by atoms with Crippen LogP contribution in [0.2, 0.25) is 0 Å². The van der Waals surface area contributed by atoms with E-state index in [0.717, 1.165) is 87.5 Å². The maximum absolute atomic E-state index is 15.1. The molecule has 3 aromatic rings. The summed E-state index contributed by atoms with van der Waals surface area (Å²) in [6.45, 7) is 2.13. The molecule has 0 heterocycles. The Morgan fingerprint density at radius 1 is 0.761 bits per heavy atom. The van der Waals surface area contributed by atoms with Crippen LogP contribution in [-0.4, -0.2) is 6.10 Å². The number of unbranched alkanes of at least 4 members (excludes halogenated alkanes) is 2. The fraction of sp³-hybridized carbons (Fsp3) is 0.474. The van der Waals surface area contributed by atoms with E-state index in [2.05, 4.69) is 6.92 Å². The lowest BCUT2D eigenvalue weighted by atomic mass is 9.69. The Hall–Kier alpha value is -3.13. The van der Waals surface area contributed by atoms with Gasteiger partial charge < -0.3 is 4.74 Å². The Morgan fingerprint density at radius 2 is 1.37 bits per heavy atom. The molecule has 0 bridgehead atoms. The molecule has 0 aromatic heterocycles. The molecule has 0 amide bonds. The van der Waals surface area contributed by atoms with Gasteiger partial charge in [0.1, 0.15) is 17.5 Å². The summed E-state index contributed by atoms with van der Waals surface area (Å²) in [7, 11) is 0. The van der Waals surface area contributed by atoms with Gasteiger partial charge in [0.15, 0.2) is 0 Å². The molecule has 3 aromatic carbocycles. The van der Waals surface area contributed by atoms with Gasteiger partial charge in [0, 0.05) is 11.6 Å². The van der Waals surface area contributed by atoms with Crippen molar-refractivity contribution in [3.05, 3.63) is 100 Å². The van der Waals surface area contributed by atoms with Crippen molar-refractivity contribution in [2.75, 3.05) is 0 Å². The van der Waals surface area contributed by atoms with Crippen LogP contribution in [0.15, 0.2) is 60.7 Å². The summed E-state index contributed by atoms with van der Waals surface area (Å²) >= 11 is 0. The molecule has 0 saturated heterocycles. The van der Waals surface area contributed by atoms with Gasteiger partial charge in [0.25, 0.3) is 6.08 Å². The standard InChI is InChI=1S/C38H41F7O/c1-2-3-4-5-24-6-15-30(16-7-24)38(44,45)46-31-17-12-26(13-18-31)25-8-10-27(11-9-25)28-14-19-32(34(39)20-28)29-21-35(40)33(23-37(42)43)36(41)22-29/h6-7,14-16,19-23,25-27,31H,2-5,8-13,17-18H2,1H3. The van der Waals surface area contributed by atoms with Crippen LogP contribution in [0.3, 0.4) is 0 Å². The Balaban J connectivity index is 1.11. The van der Waals surface area contributed by atoms with Crippen LogP contribution in [-0.2, 0) is 17.3 Å². The highest BCUT2D eigenvalue weighted by Crippen LogP contribution is 2.45. The fourth-order valence-corrected chi connectivity index (χ4v) is 7.33. The molecule has 0 N–H and O–H groups in total. The maximum Gasteiger partial charge on any atom is 0.383 e. The molecule has 8 heteroatoms. The molecule has 2 saturated carbocycles. The average Bonchev–Trinajstić information content (AvgIpc) is 3.03. The quantitative estimate of drug-likeness (QED) is 0.149. The maximum atomic E-state index is 15.1. The summed E-state index contributed by atoms with van der Waals surface area (Å²) in [5, 5.41) is 0. The predicted octanol–water partition coefficient (Wildman–Crippen LogP) is 12.3. The Kier molecular flexibility index (Phi) is 11.3. The summed E-state index contributed by atoms with van der Waals surface area (Å²) < 4.78 is 104. The van der Waals surface area contributed by atoms with Gasteiger partial charge in [-0.2, -0.15) is 17.6 Å². The first kappa shape index (κ1) is 34.2. The SMILES string of the molecule is CCCCCc1ccc(C(F)(F)OC2CCC(C3CCC(c4ccc(-c5cc(F)c(C=C(F)F)c(F)c5)c(F)c4)CC3)CC2)cc1. The highest BCUT2D eigenvalue weighted by Gasteiger charge is 2.39. The highest BCUT2D eigenvalue weighted by atomic mass is 19.3. The summed E-state index contributed by atoms with van der Waals surface area (Å²) in [5.74, 6) is -1.94. The topological polar surface area (TPSA) is 9.23 Å². The van der Waals surface area contributed by atoms with Crippen LogP contribution >= 0.6 is 0 Å². The number of hydrogen-bond acceptors (Lipinski definition) is 1. The van der Waals surface area contributed by atoms with Crippen molar-refractivity contribution >= 4 is 6.08 Å². The first-order valence-electron chi connectivity index (χ1n) is 16.5. The number of alkyl halides is 2. The summed E-state index contributed by atoms with van der Waals surface area (Å²) in [6.07, 6.45) is 4.81. The van der Waals surface area contributed by atoms with Crippen molar-refractivity contribution in [2.24, 2.45) is 11.8 Å². The van der Waals surface area contributed by atoms with Crippen molar-refractivity contribution in [3.63, 3.8) is 0 Å². The molecule has 1 nitrogen and oxygen atoms in total. The van der Waals surface area contributed by atoms with Crippen molar-refractivity contribution < 1.29 is 35.5 Å². The number of halogens is 7. The zero-order valence-corrected chi connectivity index (χ0v) is 26.1. The Morgan fingerprint density at radius 3 is 1.93 bits per heavy atom. The third-order valence-corrected chi connectivity index (χ3v) is 9.94. The van der Waals surface area contributed by atoms with E-state index >= 15 is 4.39 Å². The van der Waals surface area contributed by atoms with E-state index in [1.165, 1.54) is 24.3 Å². The third-order valence-electron chi connectivity index (χ3n) is 9.94. The zero-order valence-electron chi connectivity index (χ0n) is 26.1. The van der Waals surface area contributed by atoms with Gasteiger partial charge in [-0.25, -0.2) is 13.2 Å². The summed E-state index contributed by atoms with van der Waals surface area (Å²) in [4.78, 5) is 0. The number of rotatable bonds is 11. The summed E-state index contributed by atoms with van der Waals surface area (Å²) in [6, 6.07) is 12.9. The van der Waals surface area contributed by atoms with Gasteiger partial charge in [-0.3, -0.25) is 0 Å². The van der Waals surface area contributed by atoms with Crippen molar-refractivity contribution in [1.82, 2.24) is 0 Å². The molecule has 2 fully saturated rings. The molecule has 0 spiro atoms. The van der Waals surface area contributed by atoms with Crippen LogP contribution < -0.4 is 0 Å². The highest BCUT2D eigenvalue weighted by molar-refractivity contribution is 5.67. The van der Waals surface area contributed by atoms with Crippen LogP contribution in [0.25, 0.3) is 17.2 Å². The summed E-state index contributed by atoms with van der Waals surface area (Å²) in [5.41, 5.74) is 0.844. The Bertz CT molecular complexity index is 1460. The average molecular weight is 647 g/mol. The van der Waals surface area contributed by atoms with Crippen molar-refractivity contribution in [2.45, 2.75) is 102 Å². The number of ether oxygens (including phenoxy) is 1. The van der Waals surface area contributed by atoms with Crippen LogP contribution in [0, 0.1) is 29.3 Å². The molecule has 0 atom stereocenters. The molecule has 0 unspecified atom stereocenters. The van der Waals surface area contributed by atoms with E-state index in [0.29, 0.717) is 24.7 Å². The third kappa shape index (κ3) is 8.41. The van der Waals surface area contributed by atoms with Crippen LogP contribution in [0.1, 0.15) is 106 Å². The molecular weight excluding hydrogens is 605 g/mol. The van der Waals surface area contributed by atoms with Crippen LogP contribution in [0.5, 0.6) is 0 Å². The largest absolute Gasteiger partial charge is 0.383 e. The minimum Gasteiger partial charge on any atom is -0.313 e. The first-order chi connectivity index (χ1) is 22.0. The normalized spacial score (nSPS) is 22.1. The molecule has 46 heavy (non-hydrogen) atoms. The molecule has 0 aliphatic heterocycles. The number of benzene rings is 3. The smallest absolute Gasteiger partial charge is 0.313 e. The van der Waals surface area contributed by atoms with E-state index in [1.807, 2.05) is 0 Å². The second-order valence-corrected chi connectivity index (χ2v) is 13.0. The number of aryl methyl sites for hydroxylation is 1. The van der Waals surface area contributed by atoms with E-state index < -0.39 is 41.3 Å². The predicted molar refractivity (Wildman–Crippen MR) is 167 cm³/mol. The van der Waals surface area contributed by atoms with Gasteiger partial charge in [0.05, 0.1) is 17.2 Å². The Labute approximate surface area is 266 Å². The van der Waals surface area contributed by atoms with Crippen molar-refractivity contribution in [1.29, 1.82) is 0 Å². The van der Waals surface area contributed by atoms with Gasteiger partial charge >= 0.3 is 6.11 Å².